The van der Waals surface area contributed by atoms with Crippen LogP contribution < -0.4 is 10.6 Å². The average Bonchev–Trinajstić information content (AvgIpc) is 3.08. The highest BCUT2D eigenvalue weighted by Crippen LogP contribution is 2.26. The molecule has 2 aromatic heterocycles. The first-order valence-electron chi connectivity index (χ1n) is 10.2. The summed E-state index contributed by atoms with van der Waals surface area (Å²) in [6.07, 6.45) is 3.57. The molecule has 3 rings (SSSR count). The van der Waals surface area contributed by atoms with Gasteiger partial charge in [0.1, 0.15) is 6.04 Å². The van der Waals surface area contributed by atoms with Crippen molar-refractivity contribution in [3.63, 3.8) is 0 Å². The number of nitrogens with one attached hydrogen (secondary N) is 2. The summed E-state index contributed by atoms with van der Waals surface area (Å²) in [4.78, 5) is 29.1. The van der Waals surface area contributed by atoms with Crippen molar-refractivity contribution in [1.82, 2.24) is 14.8 Å². The quantitative estimate of drug-likeness (QED) is 0.532. The summed E-state index contributed by atoms with van der Waals surface area (Å²) in [7, 11) is 0. The highest BCUT2D eigenvalue weighted by atomic mass is 35.5. The molecule has 0 aliphatic heterocycles. The number of carbonyl (C=O) groups is 2. The maximum atomic E-state index is 12.6. The molecule has 2 N–H and O–H groups in total. The minimum atomic E-state index is -0.483. The van der Waals surface area contributed by atoms with E-state index in [1.807, 2.05) is 38.1 Å². The van der Waals surface area contributed by atoms with Gasteiger partial charge in [-0.15, -0.1) is 0 Å². The molecule has 8 heteroatoms. The SMILES string of the molecule is Cc1cc(C)n(C(C)C(=O)Nc2ccc(NC(=O)CCCc3ccccn3)cc2Cl)n1. The van der Waals surface area contributed by atoms with E-state index in [4.69, 9.17) is 11.6 Å². The van der Waals surface area contributed by atoms with Gasteiger partial charge in [0.25, 0.3) is 0 Å². The number of aromatic nitrogens is 3. The highest BCUT2D eigenvalue weighted by molar-refractivity contribution is 6.34. The summed E-state index contributed by atoms with van der Waals surface area (Å²) in [5.74, 6) is -0.318. The zero-order valence-corrected chi connectivity index (χ0v) is 18.6. The van der Waals surface area contributed by atoms with Crippen LogP contribution in [-0.2, 0) is 16.0 Å². The summed E-state index contributed by atoms with van der Waals surface area (Å²) in [5, 5.41) is 10.4. The van der Waals surface area contributed by atoms with Crippen LogP contribution in [0.2, 0.25) is 5.02 Å². The van der Waals surface area contributed by atoms with Gasteiger partial charge in [-0.25, -0.2) is 0 Å². The predicted octanol–water partition coefficient (Wildman–Crippen LogP) is 4.71. The first-order valence-corrected chi connectivity index (χ1v) is 10.5. The zero-order valence-electron chi connectivity index (χ0n) is 17.9. The van der Waals surface area contributed by atoms with Gasteiger partial charge in [-0.1, -0.05) is 17.7 Å². The van der Waals surface area contributed by atoms with E-state index in [2.05, 4.69) is 20.7 Å². The van der Waals surface area contributed by atoms with Crippen molar-refractivity contribution in [2.75, 3.05) is 10.6 Å². The molecule has 2 amide bonds. The third-order valence-electron chi connectivity index (χ3n) is 4.86. The molecule has 0 spiro atoms. The molecular weight excluding hydrogens is 414 g/mol. The molecule has 0 fully saturated rings. The number of benzene rings is 1. The van der Waals surface area contributed by atoms with Crippen molar-refractivity contribution >= 4 is 34.8 Å². The molecule has 0 bridgehead atoms. The molecule has 1 atom stereocenters. The van der Waals surface area contributed by atoms with E-state index in [1.54, 1.807) is 36.0 Å². The van der Waals surface area contributed by atoms with Gasteiger partial charge < -0.3 is 10.6 Å². The molecule has 31 heavy (non-hydrogen) atoms. The Bertz CT molecular complexity index is 1070. The Hall–Kier alpha value is -3.19. The van der Waals surface area contributed by atoms with Crippen LogP contribution in [0, 0.1) is 13.8 Å². The van der Waals surface area contributed by atoms with Gasteiger partial charge in [0.2, 0.25) is 11.8 Å². The second kappa shape index (κ2) is 10.2. The Morgan fingerprint density at radius 1 is 1.13 bits per heavy atom. The third kappa shape index (κ3) is 6.15. The number of hydrogen-bond donors (Lipinski definition) is 2. The second-order valence-electron chi connectivity index (χ2n) is 7.45. The predicted molar refractivity (Wildman–Crippen MR) is 122 cm³/mol. The van der Waals surface area contributed by atoms with Crippen LogP contribution in [0.3, 0.4) is 0 Å². The van der Waals surface area contributed by atoms with Gasteiger partial charge in [-0.3, -0.25) is 19.3 Å². The van der Waals surface area contributed by atoms with Crippen molar-refractivity contribution in [2.24, 2.45) is 0 Å². The lowest BCUT2D eigenvalue weighted by Gasteiger charge is -2.16. The fraction of sp³-hybridized carbons (Fsp3) is 0.304. The molecule has 0 aliphatic rings. The Balaban J connectivity index is 1.53. The lowest BCUT2D eigenvalue weighted by Crippen LogP contribution is -2.25. The molecule has 7 nitrogen and oxygen atoms in total. The van der Waals surface area contributed by atoms with Crippen LogP contribution in [0.15, 0.2) is 48.7 Å². The number of halogens is 1. The summed E-state index contributed by atoms with van der Waals surface area (Å²) in [6, 6.07) is 12.2. The molecule has 1 unspecified atom stereocenters. The number of aryl methyl sites for hydroxylation is 3. The van der Waals surface area contributed by atoms with Crippen molar-refractivity contribution in [2.45, 2.75) is 46.1 Å². The smallest absolute Gasteiger partial charge is 0.248 e. The van der Waals surface area contributed by atoms with Crippen LogP contribution in [0.25, 0.3) is 0 Å². The molecule has 0 aliphatic carbocycles. The standard InChI is InChI=1S/C23H26ClN5O2/c1-15-13-16(2)29(28-15)17(3)23(31)27-21-11-10-19(14-20(21)24)26-22(30)9-6-8-18-7-4-5-12-25-18/h4-5,7,10-14,17H,6,8-9H2,1-3H3,(H,26,30)(H,27,31). The number of anilines is 2. The van der Waals surface area contributed by atoms with Crippen LogP contribution >= 0.6 is 11.6 Å². The Morgan fingerprint density at radius 2 is 1.94 bits per heavy atom. The van der Waals surface area contributed by atoms with Crippen LogP contribution in [-0.4, -0.2) is 26.6 Å². The lowest BCUT2D eigenvalue weighted by atomic mass is 10.1. The van der Waals surface area contributed by atoms with Crippen molar-refractivity contribution in [3.8, 4) is 0 Å². The van der Waals surface area contributed by atoms with Gasteiger partial charge in [-0.05, 0) is 70.0 Å². The minimum Gasteiger partial charge on any atom is -0.326 e. The van der Waals surface area contributed by atoms with Gasteiger partial charge in [-0.2, -0.15) is 5.10 Å². The summed E-state index contributed by atoms with van der Waals surface area (Å²) in [6.45, 7) is 5.57. The highest BCUT2D eigenvalue weighted by Gasteiger charge is 2.19. The minimum absolute atomic E-state index is 0.0954. The Kier molecular flexibility index (Phi) is 7.41. The number of amides is 2. The topological polar surface area (TPSA) is 88.9 Å². The molecule has 0 saturated carbocycles. The van der Waals surface area contributed by atoms with Crippen LogP contribution in [0.4, 0.5) is 11.4 Å². The molecule has 0 saturated heterocycles. The lowest BCUT2D eigenvalue weighted by molar-refractivity contribution is -0.119. The van der Waals surface area contributed by atoms with E-state index < -0.39 is 6.04 Å². The summed E-state index contributed by atoms with van der Waals surface area (Å²) < 4.78 is 1.68. The number of nitrogens with zero attached hydrogens (tertiary/aromatic N) is 3. The maximum Gasteiger partial charge on any atom is 0.248 e. The van der Waals surface area contributed by atoms with Gasteiger partial charge in [0.15, 0.2) is 0 Å². The molecule has 0 radical (unpaired) electrons. The fourth-order valence-corrected chi connectivity index (χ4v) is 3.51. The van der Waals surface area contributed by atoms with E-state index in [0.717, 1.165) is 23.5 Å². The first-order chi connectivity index (χ1) is 14.8. The molecule has 1 aromatic carbocycles. The van der Waals surface area contributed by atoms with Crippen molar-refractivity contribution < 1.29 is 9.59 Å². The Morgan fingerprint density at radius 3 is 2.58 bits per heavy atom. The summed E-state index contributed by atoms with van der Waals surface area (Å²) >= 11 is 6.33. The largest absolute Gasteiger partial charge is 0.326 e. The van der Waals surface area contributed by atoms with E-state index in [9.17, 15) is 9.59 Å². The van der Waals surface area contributed by atoms with Gasteiger partial charge >= 0.3 is 0 Å². The number of rotatable bonds is 8. The molecule has 3 aromatic rings. The zero-order chi connectivity index (χ0) is 22.4. The van der Waals surface area contributed by atoms with Gasteiger partial charge in [0, 0.05) is 29.7 Å². The average molecular weight is 440 g/mol. The Labute approximate surface area is 186 Å². The first kappa shape index (κ1) is 22.5. The molecule has 162 valence electrons. The second-order valence-corrected chi connectivity index (χ2v) is 7.86. The van der Waals surface area contributed by atoms with Gasteiger partial charge in [0.05, 0.1) is 16.4 Å². The monoisotopic (exact) mass is 439 g/mol. The molecule has 2 heterocycles. The van der Waals surface area contributed by atoms with Crippen LogP contribution in [0.5, 0.6) is 0 Å². The number of carbonyl (C=O) groups excluding carboxylic acids is 2. The van der Waals surface area contributed by atoms with Crippen molar-refractivity contribution in [1.29, 1.82) is 0 Å². The normalized spacial score (nSPS) is 11.7. The van der Waals surface area contributed by atoms with E-state index in [-0.39, 0.29) is 11.8 Å². The van der Waals surface area contributed by atoms with E-state index >= 15 is 0 Å². The van der Waals surface area contributed by atoms with E-state index in [1.165, 1.54) is 0 Å². The third-order valence-corrected chi connectivity index (χ3v) is 5.18. The maximum absolute atomic E-state index is 12.6. The number of pyridine rings is 1. The fourth-order valence-electron chi connectivity index (χ4n) is 3.28. The van der Waals surface area contributed by atoms with Crippen molar-refractivity contribution in [3.05, 3.63) is 70.8 Å². The molecular formula is C23H26ClN5O2. The van der Waals surface area contributed by atoms with Crippen LogP contribution in [0.1, 0.15) is 42.9 Å². The summed E-state index contributed by atoms with van der Waals surface area (Å²) in [5.41, 5.74) is 3.79. The number of hydrogen-bond acceptors (Lipinski definition) is 4. The van der Waals surface area contributed by atoms with E-state index in [0.29, 0.717) is 29.2 Å².